The maximum Gasteiger partial charge on any atom is 0.138 e. The quantitative estimate of drug-likeness (QED) is 0.350. The fourth-order valence-electron chi connectivity index (χ4n) is 3.56. The lowest BCUT2D eigenvalue weighted by molar-refractivity contribution is 0.338. The highest BCUT2D eigenvalue weighted by Gasteiger charge is 2.30. The van der Waals surface area contributed by atoms with Crippen LogP contribution in [0.1, 0.15) is 12.5 Å². The first kappa shape index (κ1) is 24.1. The molecule has 0 aromatic carbocycles. The molecule has 162 valence electrons. The van der Waals surface area contributed by atoms with Crippen molar-refractivity contribution in [3.8, 4) is 22.9 Å². The predicted octanol–water partition coefficient (Wildman–Crippen LogP) is 3.34. The molecule has 0 amide bonds. The molecule has 4 rings (SSSR count). The summed E-state index contributed by atoms with van der Waals surface area (Å²) in [6.45, 7) is 3.54. The Morgan fingerprint density at radius 3 is 2.81 bits per heavy atom. The number of pyridine rings is 2. The van der Waals surface area contributed by atoms with Crippen molar-refractivity contribution in [1.82, 2.24) is 14.6 Å². The van der Waals surface area contributed by atoms with E-state index >= 15 is 0 Å². The second-order valence-corrected chi connectivity index (χ2v) is 6.73. The van der Waals surface area contributed by atoms with Crippen LogP contribution in [0.2, 0.25) is 0 Å². The van der Waals surface area contributed by atoms with Gasteiger partial charge in [0, 0.05) is 41.4 Å². The molecule has 3 aromatic heterocycles. The third kappa shape index (κ3) is 4.60. The number of hydrogen-bond donors (Lipinski definition) is 1. The van der Waals surface area contributed by atoms with Gasteiger partial charge in [0.05, 0.1) is 36.1 Å². The number of aromatic nitrogens is 3. The van der Waals surface area contributed by atoms with Crippen molar-refractivity contribution < 1.29 is 4.74 Å². The fourth-order valence-corrected chi connectivity index (χ4v) is 3.56. The number of nitrogens with zero attached hydrogens (tertiary/aromatic N) is 8. The monoisotopic (exact) mass is 461 g/mol. The first-order valence-corrected chi connectivity index (χ1v) is 9.20. The summed E-state index contributed by atoms with van der Waals surface area (Å²) in [5.41, 5.74) is 17.6. The van der Waals surface area contributed by atoms with Gasteiger partial charge in [0.1, 0.15) is 17.6 Å². The third-order valence-electron chi connectivity index (χ3n) is 4.93. The summed E-state index contributed by atoms with van der Waals surface area (Å²) < 4.78 is 7.29. The van der Waals surface area contributed by atoms with Crippen LogP contribution in [0, 0.1) is 11.3 Å². The van der Waals surface area contributed by atoms with Gasteiger partial charge in [-0.2, -0.15) is 10.4 Å². The van der Waals surface area contributed by atoms with Crippen molar-refractivity contribution in [3.05, 3.63) is 52.8 Å². The topological polar surface area (TPSA) is 141 Å². The van der Waals surface area contributed by atoms with E-state index in [2.05, 4.69) is 26.2 Å². The minimum absolute atomic E-state index is 0. The van der Waals surface area contributed by atoms with Gasteiger partial charge in [-0.05, 0) is 30.7 Å². The Bertz CT molecular complexity index is 1140. The van der Waals surface area contributed by atoms with Gasteiger partial charge >= 0.3 is 0 Å². The number of azide groups is 1. The minimum atomic E-state index is -0.269. The summed E-state index contributed by atoms with van der Waals surface area (Å²) >= 11 is 0. The molecule has 1 fully saturated rings. The number of fused-ring (bicyclic) bond motifs is 1. The van der Waals surface area contributed by atoms with Gasteiger partial charge in [-0.25, -0.2) is 9.50 Å². The Morgan fingerprint density at radius 1 is 1.35 bits per heavy atom. The summed E-state index contributed by atoms with van der Waals surface area (Å²) in [6.07, 6.45) is 5.05. The molecule has 1 aliphatic rings. The van der Waals surface area contributed by atoms with E-state index in [4.69, 9.17) is 16.0 Å². The number of anilines is 1. The second kappa shape index (κ2) is 10.2. The molecule has 31 heavy (non-hydrogen) atoms. The molecule has 0 unspecified atom stereocenters. The van der Waals surface area contributed by atoms with Crippen molar-refractivity contribution in [2.75, 3.05) is 24.6 Å². The Morgan fingerprint density at radius 2 is 2.16 bits per heavy atom. The molecule has 10 nitrogen and oxygen atoms in total. The van der Waals surface area contributed by atoms with Crippen LogP contribution in [0.4, 0.5) is 5.82 Å². The minimum Gasteiger partial charge on any atom is -0.492 e. The van der Waals surface area contributed by atoms with Gasteiger partial charge in [0.2, 0.25) is 0 Å². The molecule has 1 saturated heterocycles. The molecular formula is C19H21Cl2N9O. The van der Waals surface area contributed by atoms with Crippen LogP contribution in [0.15, 0.2) is 41.9 Å². The lowest BCUT2D eigenvalue weighted by Gasteiger charge is -2.17. The van der Waals surface area contributed by atoms with Gasteiger partial charge in [-0.1, -0.05) is 5.11 Å². The summed E-state index contributed by atoms with van der Waals surface area (Å²) in [7, 11) is 0. The highest BCUT2D eigenvalue weighted by atomic mass is 35.5. The number of nitrogens with two attached hydrogens (primary N) is 1. The van der Waals surface area contributed by atoms with E-state index in [9.17, 15) is 5.26 Å². The highest BCUT2D eigenvalue weighted by molar-refractivity contribution is 5.86. The van der Waals surface area contributed by atoms with Crippen LogP contribution in [-0.4, -0.2) is 46.4 Å². The number of nitriles is 1. The first-order valence-electron chi connectivity index (χ1n) is 9.20. The van der Waals surface area contributed by atoms with Crippen LogP contribution in [0.25, 0.3) is 27.1 Å². The van der Waals surface area contributed by atoms with E-state index in [0.29, 0.717) is 36.5 Å². The lowest BCUT2D eigenvalue weighted by atomic mass is 10.1. The Balaban J connectivity index is 0.00000171. The zero-order chi connectivity index (χ0) is 20.4. The predicted molar refractivity (Wildman–Crippen MR) is 122 cm³/mol. The fraction of sp³-hybridized carbons (Fsp3) is 0.316. The van der Waals surface area contributed by atoms with E-state index in [-0.39, 0.29) is 36.9 Å². The van der Waals surface area contributed by atoms with E-state index in [1.165, 1.54) is 6.20 Å². The van der Waals surface area contributed by atoms with Crippen molar-refractivity contribution in [1.29, 1.82) is 5.26 Å². The number of rotatable bonds is 5. The maximum absolute atomic E-state index is 9.45. The molecule has 0 saturated carbocycles. The summed E-state index contributed by atoms with van der Waals surface area (Å²) in [5.74, 6) is 1.42. The van der Waals surface area contributed by atoms with Gasteiger partial charge in [0.25, 0.3) is 0 Å². The van der Waals surface area contributed by atoms with Crippen LogP contribution in [-0.2, 0) is 0 Å². The molecule has 0 bridgehead atoms. The number of ether oxygens (including phenoxy) is 1. The van der Waals surface area contributed by atoms with E-state index < -0.39 is 0 Å². The van der Waals surface area contributed by atoms with Crippen LogP contribution in [0.3, 0.4) is 0 Å². The molecule has 4 heterocycles. The van der Waals surface area contributed by atoms with Crippen LogP contribution < -0.4 is 15.4 Å². The SMILES string of the molecule is CCOc1cc(-c2ccc(N3C[C@@H](N)[C@H](N=[N+]=[N-])C3)nc2)c2c(C#N)cnn2c1.Cl.Cl. The van der Waals surface area contributed by atoms with Crippen molar-refractivity contribution >= 4 is 36.1 Å². The van der Waals surface area contributed by atoms with Crippen molar-refractivity contribution in [3.63, 3.8) is 0 Å². The molecule has 0 spiro atoms. The van der Waals surface area contributed by atoms with Gasteiger partial charge in [-0.3, -0.25) is 0 Å². The summed E-state index contributed by atoms with van der Waals surface area (Å²) in [4.78, 5) is 9.44. The third-order valence-corrected chi connectivity index (χ3v) is 4.93. The zero-order valence-electron chi connectivity index (χ0n) is 16.6. The second-order valence-electron chi connectivity index (χ2n) is 6.73. The normalized spacial score (nSPS) is 17.3. The van der Waals surface area contributed by atoms with Crippen LogP contribution >= 0.6 is 24.8 Å². The summed E-state index contributed by atoms with van der Waals surface area (Å²) in [6, 6.07) is 7.42. The zero-order valence-corrected chi connectivity index (χ0v) is 18.3. The molecule has 3 aromatic rings. The molecular weight excluding hydrogens is 441 g/mol. The van der Waals surface area contributed by atoms with Crippen molar-refractivity contribution in [2.24, 2.45) is 10.8 Å². The van der Waals surface area contributed by atoms with Gasteiger partial charge < -0.3 is 15.4 Å². The average Bonchev–Trinajstić information content (AvgIpc) is 3.31. The Hall–Kier alpha value is -3.22. The first-order chi connectivity index (χ1) is 14.1. The number of hydrogen-bond acceptors (Lipinski definition) is 7. The molecule has 2 atom stereocenters. The highest BCUT2D eigenvalue weighted by Crippen LogP contribution is 2.31. The smallest absolute Gasteiger partial charge is 0.138 e. The summed E-state index contributed by atoms with van der Waals surface area (Å²) in [5, 5.41) is 17.5. The Kier molecular flexibility index (Phi) is 7.91. The standard InChI is InChI=1S/C19H19N9O.2ClH/c1-2-29-14-5-15(19-13(6-20)8-24-28(19)9-14)12-3-4-18(23-7-12)27-10-16(21)17(11-27)25-26-22;;/h3-5,7-9,16-17H,2,10-11,21H2,1H3;2*1H/t16-,17-;;/m1../s1. The molecule has 0 aliphatic carbocycles. The van der Waals surface area contributed by atoms with E-state index in [0.717, 1.165) is 16.9 Å². The molecule has 12 heteroatoms. The Labute approximate surface area is 191 Å². The largest absolute Gasteiger partial charge is 0.492 e. The van der Waals surface area contributed by atoms with Crippen LogP contribution in [0.5, 0.6) is 5.75 Å². The average molecular weight is 462 g/mol. The molecule has 0 radical (unpaired) electrons. The lowest BCUT2D eigenvalue weighted by Crippen LogP contribution is -2.31. The molecule has 1 aliphatic heterocycles. The van der Waals surface area contributed by atoms with Gasteiger partial charge in [0.15, 0.2) is 0 Å². The van der Waals surface area contributed by atoms with Gasteiger partial charge in [-0.15, -0.1) is 24.8 Å². The number of halogens is 2. The maximum atomic E-state index is 9.45. The van der Waals surface area contributed by atoms with E-state index in [1.54, 1.807) is 16.9 Å². The molecule has 2 N–H and O–H groups in total. The van der Waals surface area contributed by atoms with E-state index in [1.807, 2.05) is 30.0 Å². The van der Waals surface area contributed by atoms with Crippen molar-refractivity contribution in [2.45, 2.75) is 19.0 Å².